The second kappa shape index (κ2) is 12.6. The van der Waals surface area contributed by atoms with Crippen LogP contribution in [0.15, 0.2) is 0 Å². The largest absolute Gasteiger partial charge is 0.380 e. The Labute approximate surface area is 127 Å². The first kappa shape index (κ1) is 19.9. The van der Waals surface area contributed by atoms with Crippen molar-refractivity contribution in [3.05, 3.63) is 0 Å². The first-order chi connectivity index (χ1) is 9.43. The Morgan fingerprint density at radius 1 is 0.650 bits per heavy atom. The first-order valence-corrected chi connectivity index (χ1v) is 8.33. The van der Waals surface area contributed by atoms with Crippen LogP contribution in [-0.4, -0.2) is 50.5 Å². The average molecular weight is 287 g/mol. The lowest BCUT2D eigenvalue weighted by Crippen LogP contribution is -2.36. The number of rotatable bonds is 13. The lowest BCUT2D eigenvalue weighted by molar-refractivity contribution is 0.0572. The van der Waals surface area contributed by atoms with Gasteiger partial charge in [-0.2, -0.15) is 0 Å². The zero-order valence-electron chi connectivity index (χ0n) is 14.7. The quantitative estimate of drug-likeness (QED) is 0.481. The van der Waals surface area contributed by atoms with Crippen molar-refractivity contribution >= 4 is 0 Å². The maximum Gasteiger partial charge on any atom is 0.0593 e. The predicted molar refractivity (Wildman–Crippen MR) is 87.3 cm³/mol. The topological polar surface area (TPSA) is 21.7 Å². The fourth-order valence-corrected chi connectivity index (χ4v) is 1.83. The van der Waals surface area contributed by atoms with E-state index in [4.69, 9.17) is 9.47 Å². The Hall–Kier alpha value is -0.120. The van der Waals surface area contributed by atoms with E-state index in [9.17, 15) is 0 Å². The van der Waals surface area contributed by atoms with Crippen LogP contribution in [0.3, 0.4) is 0 Å². The molecular weight excluding hydrogens is 250 g/mol. The molecule has 0 saturated heterocycles. The molecule has 0 fully saturated rings. The van der Waals surface area contributed by atoms with E-state index < -0.39 is 0 Å². The van der Waals surface area contributed by atoms with Gasteiger partial charge >= 0.3 is 0 Å². The van der Waals surface area contributed by atoms with Crippen LogP contribution in [0.2, 0.25) is 0 Å². The molecular formula is C17H37NO2. The molecule has 0 bridgehead atoms. The fourth-order valence-electron chi connectivity index (χ4n) is 1.83. The third kappa shape index (κ3) is 12.9. The summed E-state index contributed by atoms with van der Waals surface area (Å²) in [5.74, 6) is 1.45. The summed E-state index contributed by atoms with van der Waals surface area (Å²) in [5, 5.41) is 0. The molecule has 0 saturated carbocycles. The normalized spacial score (nSPS) is 12.3. The molecule has 0 radical (unpaired) electrons. The van der Waals surface area contributed by atoms with Gasteiger partial charge in [-0.15, -0.1) is 0 Å². The van der Waals surface area contributed by atoms with Crippen molar-refractivity contribution in [2.75, 3.05) is 39.5 Å². The van der Waals surface area contributed by atoms with Gasteiger partial charge in [0.15, 0.2) is 0 Å². The SMILES string of the molecule is CC(C)CCOCCN(CCOCCC(C)C)C(C)C. The van der Waals surface area contributed by atoms with E-state index in [0.29, 0.717) is 6.04 Å². The summed E-state index contributed by atoms with van der Waals surface area (Å²) in [6.45, 7) is 18.8. The highest BCUT2D eigenvalue weighted by molar-refractivity contribution is 4.62. The molecule has 3 heteroatoms. The molecule has 122 valence electrons. The van der Waals surface area contributed by atoms with Crippen molar-refractivity contribution in [1.29, 1.82) is 0 Å². The van der Waals surface area contributed by atoms with Gasteiger partial charge in [0.2, 0.25) is 0 Å². The summed E-state index contributed by atoms with van der Waals surface area (Å²) in [6, 6.07) is 0.553. The summed E-state index contributed by atoms with van der Waals surface area (Å²) in [6.07, 6.45) is 2.31. The Morgan fingerprint density at radius 2 is 1.05 bits per heavy atom. The molecule has 0 heterocycles. The van der Waals surface area contributed by atoms with E-state index in [-0.39, 0.29) is 0 Å². The van der Waals surface area contributed by atoms with Gasteiger partial charge < -0.3 is 9.47 Å². The van der Waals surface area contributed by atoms with Crippen LogP contribution in [0.4, 0.5) is 0 Å². The van der Waals surface area contributed by atoms with Gasteiger partial charge in [0.25, 0.3) is 0 Å². The van der Waals surface area contributed by atoms with Crippen LogP contribution < -0.4 is 0 Å². The highest BCUT2D eigenvalue weighted by Crippen LogP contribution is 2.02. The van der Waals surface area contributed by atoms with Crippen LogP contribution in [0, 0.1) is 11.8 Å². The molecule has 0 unspecified atom stereocenters. The standard InChI is InChI=1S/C17H37NO2/c1-15(2)7-11-19-13-9-18(17(5)6)10-14-20-12-8-16(3)4/h15-17H,7-14H2,1-6H3. The van der Waals surface area contributed by atoms with Gasteiger partial charge in [0, 0.05) is 32.3 Å². The van der Waals surface area contributed by atoms with E-state index in [0.717, 1.165) is 64.2 Å². The van der Waals surface area contributed by atoms with Crippen LogP contribution >= 0.6 is 0 Å². The van der Waals surface area contributed by atoms with E-state index in [1.54, 1.807) is 0 Å². The van der Waals surface area contributed by atoms with Crippen molar-refractivity contribution in [2.45, 2.75) is 60.4 Å². The molecule has 0 aromatic heterocycles. The van der Waals surface area contributed by atoms with Crippen molar-refractivity contribution in [2.24, 2.45) is 11.8 Å². The predicted octanol–water partition coefficient (Wildman–Crippen LogP) is 3.82. The first-order valence-electron chi connectivity index (χ1n) is 8.33. The Bertz CT molecular complexity index is 187. The van der Waals surface area contributed by atoms with Gasteiger partial charge in [0.1, 0.15) is 0 Å². The molecule has 0 aliphatic heterocycles. The summed E-state index contributed by atoms with van der Waals surface area (Å²) in [5.41, 5.74) is 0. The van der Waals surface area contributed by atoms with Crippen LogP contribution in [-0.2, 0) is 9.47 Å². The van der Waals surface area contributed by atoms with E-state index in [1.807, 2.05) is 0 Å². The lowest BCUT2D eigenvalue weighted by atomic mass is 10.1. The fraction of sp³-hybridized carbons (Fsp3) is 1.00. The summed E-state index contributed by atoms with van der Waals surface area (Å²) in [4.78, 5) is 2.44. The minimum atomic E-state index is 0.553. The summed E-state index contributed by atoms with van der Waals surface area (Å²) >= 11 is 0. The van der Waals surface area contributed by atoms with Gasteiger partial charge in [-0.1, -0.05) is 27.7 Å². The minimum Gasteiger partial charge on any atom is -0.380 e. The molecule has 0 aromatic carbocycles. The van der Waals surface area contributed by atoms with Crippen LogP contribution in [0.1, 0.15) is 54.4 Å². The average Bonchev–Trinajstić information content (AvgIpc) is 2.34. The third-order valence-corrected chi connectivity index (χ3v) is 3.46. The summed E-state index contributed by atoms with van der Waals surface area (Å²) < 4.78 is 11.4. The molecule has 0 atom stereocenters. The maximum atomic E-state index is 5.70. The van der Waals surface area contributed by atoms with Gasteiger partial charge in [0.05, 0.1) is 13.2 Å². The second-order valence-corrected chi connectivity index (χ2v) is 6.72. The zero-order valence-corrected chi connectivity index (χ0v) is 14.7. The molecule has 0 rings (SSSR count). The molecule has 0 aliphatic rings. The highest BCUT2D eigenvalue weighted by Gasteiger charge is 2.09. The number of hydrogen-bond donors (Lipinski definition) is 0. The van der Waals surface area contributed by atoms with Crippen molar-refractivity contribution in [1.82, 2.24) is 4.90 Å². The van der Waals surface area contributed by atoms with Crippen molar-refractivity contribution < 1.29 is 9.47 Å². The van der Waals surface area contributed by atoms with Crippen molar-refractivity contribution in [3.8, 4) is 0 Å². The highest BCUT2D eigenvalue weighted by atomic mass is 16.5. The second-order valence-electron chi connectivity index (χ2n) is 6.72. The maximum absolute atomic E-state index is 5.70. The molecule has 0 spiro atoms. The molecule has 3 nitrogen and oxygen atoms in total. The van der Waals surface area contributed by atoms with E-state index in [2.05, 4.69) is 46.4 Å². The Balaban J connectivity index is 3.61. The van der Waals surface area contributed by atoms with Gasteiger partial charge in [-0.25, -0.2) is 0 Å². The van der Waals surface area contributed by atoms with Crippen LogP contribution in [0.25, 0.3) is 0 Å². The third-order valence-electron chi connectivity index (χ3n) is 3.46. The molecule has 0 aliphatic carbocycles. The summed E-state index contributed by atoms with van der Waals surface area (Å²) in [7, 11) is 0. The van der Waals surface area contributed by atoms with Gasteiger partial charge in [-0.3, -0.25) is 4.90 Å². The molecule has 0 amide bonds. The zero-order chi connectivity index (χ0) is 15.4. The lowest BCUT2D eigenvalue weighted by Gasteiger charge is -2.26. The number of hydrogen-bond acceptors (Lipinski definition) is 3. The molecule has 0 N–H and O–H groups in total. The molecule has 0 aromatic rings. The van der Waals surface area contributed by atoms with Crippen LogP contribution in [0.5, 0.6) is 0 Å². The van der Waals surface area contributed by atoms with Crippen molar-refractivity contribution in [3.63, 3.8) is 0 Å². The van der Waals surface area contributed by atoms with Gasteiger partial charge in [-0.05, 0) is 38.5 Å². The number of ether oxygens (including phenoxy) is 2. The Kier molecular flexibility index (Phi) is 12.5. The smallest absolute Gasteiger partial charge is 0.0593 e. The Morgan fingerprint density at radius 3 is 1.35 bits per heavy atom. The minimum absolute atomic E-state index is 0.553. The monoisotopic (exact) mass is 287 g/mol. The molecule has 20 heavy (non-hydrogen) atoms. The van der Waals surface area contributed by atoms with E-state index in [1.165, 1.54) is 0 Å². The number of nitrogens with zero attached hydrogens (tertiary/aromatic N) is 1. The van der Waals surface area contributed by atoms with E-state index >= 15 is 0 Å².